The standard InChI is InChI=1S/C20H18N2O7/c23-18(22-20(25)21-14-5-6-16-17(8-14)29-11-28-16)10-27-19(24)13-7-12-3-1-2-4-15(12)26-9-13/h1-6,8,13H,7,9-11H2,(H2,21,22,23,25)/t13-/m1/s1. The number of para-hydroxylation sites is 1. The molecule has 0 spiro atoms. The molecule has 0 bridgehead atoms. The first-order valence-electron chi connectivity index (χ1n) is 8.96. The van der Waals surface area contributed by atoms with Gasteiger partial charge in [-0.1, -0.05) is 18.2 Å². The number of urea groups is 1. The highest BCUT2D eigenvalue weighted by Crippen LogP contribution is 2.34. The Labute approximate surface area is 165 Å². The average Bonchev–Trinajstić information content (AvgIpc) is 3.19. The predicted molar refractivity (Wildman–Crippen MR) is 99.8 cm³/mol. The van der Waals surface area contributed by atoms with E-state index in [4.69, 9.17) is 18.9 Å². The van der Waals surface area contributed by atoms with E-state index in [9.17, 15) is 14.4 Å². The molecule has 2 aliphatic rings. The molecule has 29 heavy (non-hydrogen) atoms. The summed E-state index contributed by atoms with van der Waals surface area (Å²) in [4.78, 5) is 36.0. The molecule has 1 atom stereocenters. The van der Waals surface area contributed by atoms with Crippen molar-refractivity contribution in [3.05, 3.63) is 48.0 Å². The molecule has 0 radical (unpaired) electrons. The molecule has 0 saturated heterocycles. The maximum Gasteiger partial charge on any atom is 0.325 e. The normalized spacial score (nSPS) is 16.2. The Bertz CT molecular complexity index is 960. The third kappa shape index (κ3) is 4.40. The fourth-order valence-corrected chi connectivity index (χ4v) is 3.03. The summed E-state index contributed by atoms with van der Waals surface area (Å²) in [5, 5.41) is 4.60. The van der Waals surface area contributed by atoms with Gasteiger partial charge in [0.05, 0.1) is 5.92 Å². The molecule has 0 saturated carbocycles. The molecule has 0 aliphatic carbocycles. The lowest BCUT2D eigenvalue weighted by atomic mass is 9.97. The van der Waals surface area contributed by atoms with Gasteiger partial charge in [0.2, 0.25) is 6.79 Å². The molecule has 3 amide bonds. The van der Waals surface area contributed by atoms with E-state index in [0.717, 1.165) is 11.3 Å². The van der Waals surface area contributed by atoms with E-state index >= 15 is 0 Å². The zero-order valence-corrected chi connectivity index (χ0v) is 15.3. The van der Waals surface area contributed by atoms with Gasteiger partial charge in [-0.15, -0.1) is 0 Å². The summed E-state index contributed by atoms with van der Waals surface area (Å²) in [6.45, 7) is -0.264. The first-order valence-corrected chi connectivity index (χ1v) is 8.96. The number of amides is 3. The molecule has 9 heteroatoms. The predicted octanol–water partition coefficient (Wildman–Crippen LogP) is 1.86. The van der Waals surface area contributed by atoms with E-state index < -0.39 is 30.4 Å². The third-order valence-corrected chi connectivity index (χ3v) is 4.44. The van der Waals surface area contributed by atoms with Crippen LogP contribution >= 0.6 is 0 Å². The van der Waals surface area contributed by atoms with Crippen LogP contribution in [0.4, 0.5) is 10.5 Å². The molecular weight excluding hydrogens is 380 g/mol. The van der Waals surface area contributed by atoms with Crippen LogP contribution in [-0.2, 0) is 20.7 Å². The Morgan fingerprint density at radius 3 is 2.72 bits per heavy atom. The average molecular weight is 398 g/mol. The van der Waals surface area contributed by atoms with Crippen molar-refractivity contribution >= 4 is 23.6 Å². The number of nitrogens with one attached hydrogen (secondary N) is 2. The van der Waals surface area contributed by atoms with Crippen molar-refractivity contribution in [2.75, 3.05) is 25.3 Å². The lowest BCUT2D eigenvalue weighted by Crippen LogP contribution is -2.38. The third-order valence-electron chi connectivity index (χ3n) is 4.44. The fourth-order valence-electron chi connectivity index (χ4n) is 3.03. The number of ether oxygens (including phenoxy) is 4. The van der Waals surface area contributed by atoms with Crippen LogP contribution in [0.5, 0.6) is 17.2 Å². The van der Waals surface area contributed by atoms with Gasteiger partial charge < -0.3 is 24.3 Å². The first-order chi connectivity index (χ1) is 14.1. The molecule has 150 valence electrons. The SMILES string of the molecule is O=C(COC(=O)[C@H]1COc2ccccc2C1)NC(=O)Nc1ccc2c(c1)OCO2. The summed E-state index contributed by atoms with van der Waals surface area (Å²) >= 11 is 0. The number of carbonyl (C=O) groups is 3. The number of hydrogen-bond acceptors (Lipinski definition) is 7. The van der Waals surface area contributed by atoms with Gasteiger partial charge in [-0.05, 0) is 30.2 Å². The van der Waals surface area contributed by atoms with E-state index in [1.165, 1.54) is 0 Å². The highest BCUT2D eigenvalue weighted by Gasteiger charge is 2.27. The van der Waals surface area contributed by atoms with Crippen LogP contribution < -0.4 is 24.8 Å². The van der Waals surface area contributed by atoms with E-state index in [1.54, 1.807) is 18.2 Å². The Hall–Kier alpha value is -3.75. The number of rotatable bonds is 4. The van der Waals surface area contributed by atoms with Gasteiger partial charge in [0.1, 0.15) is 12.4 Å². The van der Waals surface area contributed by atoms with Crippen LogP contribution in [0, 0.1) is 5.92 Å². The number of hydrogen-bond donors (Lipinski definition) is 2. The monoisotopic (exact) mass is 398 g/mol. The highest BCUT2D eigenvalue weighted by atomic mass is 16.7. The highest BCUT2D eigenvalue weighted by molar-refractivity contribution is 6.02. The van der Waals surface area contributed by atoms with Gasteiger partial charge in [-0.3, -0.25) is 14.9 Å². The number of esters is 1. The lowest BCUT2D eigenvalue weighted by Gasteiger charge is -2.23. The van der Waals surface area contributed by atoms with Gasteiger partial charge in [0, 0.05) is 11.8 Å². The molecule has 2 aliphatic heterocycles. The minimum atomic E-state index is -0.750. The quantitative estimate of drug-likeness (QED) is 0.756. The van der Waals surface area contributed by atoms with Crippen LogP contribution in [0.3, 0.4) is 0 Å². The van der Waals surface area contributed by atoms with E-state index in [0.29, 0.717) is 23.6 Å². The fraction of sp³-hybridized carbons (Fsp3) is 0.250. The summed E-state index contributed by atoms with van der Waals surface area (Å²) in [6.07, 6.45) is 0.473. The zero-order valence-electron chi connectivity index (χ0n) is 15.3. The topological polar surface area (TPSA) is 112 Å². The lowest BCUT2D eigenvalue weighted by molar-refractivity contribution is -0.153. The number of carbonyl (C=O) groups excluding carboxylic acids is 3. The van der Waals surface area contributed by atoms with Crippen LogP contribution in [0.2, 0.25) is 0 Å². The van der Waals surface area contributed by atoms with Gasteiger partial charge in [0.25, 0.3) is 5.91 Å². The summed E-state index contributed by atoms with van der Waals surface area (Å²) in [7, 11) is 0. The van der Waals surface area contributed by atoms with Gasteiger partial charge >= 0.3 is 12.0 Å². The summed E-state index contributed by atoms with van der Waals surface area (Å²) in [5.41, 5.74) is 1.34. The Morgan fingerprint density at radius 2 is 1.83 bits per heavy atom. The molecule has 0 unspecified atom stereocenters. The van der Waals surface area contributed by atoms with Crippen molar-refractivity contribution in [3.63, 3.8) is 0 Å². The molecule has 0 aromatic heterocycles. The second kappa shape index (κ2) is 8.09. The van der Waals surface area contributed by atoms with Gasteiger partial charge in [-0.25, -0.2) is 4.79 Å². The second-order valence-corrected chi connectivity index (χ2v) is 6.50. The first kappa shape index (κ1) is 18.6. The number of benzene rings is 2. The molecule has 2 heterocycles. The molecular formula is C20H18N2O7. The van der Waals surface area contributed by atoms with Crippen LogP contribution in [-0.4, -0.2) is 37.9 Å². The summed E-state index contributed by atoms with van der Waals surface area (Å²) < 4.78 is 21.0. The number of anilines is 1. The second-order valence-electron chi connectivity index (χ2n) is 6.50. The van der Waals surface area contributed by atoms with Crippen molar-refractivity contribution in [1.82, 2.24) is 5.32 Å². The van der Waals surface area contributed by atoms with Crippen LogP contribution in [0.15, 0.2) is 42.5 Å². The van der Waals surface area contributed by atoms with E-state index in [1.807, 2.05) is 24.3 Å². The smallest absolute Gasteiger partial charge is 0.325 e. The Morgan fingerprint density at radius 1 is 1.00 bits per heavy atom. The Kier molecular flexibility index (Phi) is 5.19. The van der Waals surface area contributed by atoms with Crippen molar-refractivity contribution in [2.45, 2.75) is 6.42 Å². The number of imide groups is 1. The molecule has 2 aromatic carbocycles. The minimum absolute atomic E-state index is 0.118. The molecule has 4 rings (SSSR count). The van der Waals surface area contributed by atoms with Crippen LogP contribution in [0.1, 0.15) is 5.56 Å². The van der Waals surface area contributed by atoms with Gasteiger partial charge in [0.15, 0.2) is 18.1 Å². The molecule has 0 fully saturated rings. The van der Waals surface area contributed by atoms with Crippen molar-refractivity contribution < 1.29 is 33.3 Å². The van der Waals surface area contributed by atoms with Crippen molar-refractivity contribution in [3.8, 4) is 17.2 Å². The van der Waals surface area contributed by atoms with Gasteiger partial charge in [-0.2, -0.15) is 0 Å². The number of fused-ring (bicyclic) bond motifs is 2. The Balaban J connectivity index is 1.22. The molecule has 2 aromatic rings. The zero-order chi connectivity index (χ0) is 20.2. The van der Waals surface area contributed by atoms with E-state index in [2.05, 4.69) is 10.6 Å². The van der Waals surface area contributed by atoms with E-state index in [-0.39, 0.29) is 13.4 Å². The van der Waals surface area contributed by atoms with Crippen molar-refractivity contribution in [1.29, 1.82) is 0 Å². The maximum atomic E-state index is 12.2. The maximum absolute atomic E-state index is 12.2. The van der Waals surface area contributed by atoms with Crippen molar-refractivity contribution in [2.24, 2.45) is 5.92 Å². The molecule has 9 nitrogen and oxygen atoms in total. The summed E-state index contributed by atoms with van der Waals surface area (Å²) in [6, 6.07) is 11.5. The largest absolute Gasteiger partial charge is 0.492 e. The minimum Gasteiger partial charge on any atom is -0.492 e. The summed E-state index contributed by atoms with van der Waals surface area (Å²) in [5.74, 6) is 0.0294. The van der Waals surface area contributed by atoms with Crippen LogP contribution in [0.25, 0.3) is 0 Å². The molecule has 2 N–H and O–H groups in total.